The van der Waals surface area contributed by atoms with Crippen molar-refractivity contribution in [2.45, 2.75) is 58.5 Å². The van der Waals surface area contributed by atoms with Crippen molar-refractivity contribution >= 4 is 23.5 Å². The lowest BCUT2D eigenvalue weighted by atomic mass is 9.93. The van der Waals surface area contributed by atoms with E-state index in [0.717, 1.165) is 37.4 Å². The van der Waals surface area contributed by atoms with Crippen LogP contribution >= 0.6 is 0 Å². The molecule has 1 N–H and O–H groups in total. The fourth-order valence-electron chi connectivity index (χ4n) is 3.71. The zero-order valence-corrected chi connectivity index (χ0v) is 17.2. The maximum absolute atomic E-state index is 12.4. The molecule has 1 aromatic rings. The number of nitrogens with one attached hydrogen (secondary N) is 1. The van der Waals surface area contributed by atoms with Crippen LogP contribution in [0.25, 0.3) is 0 Å². The van der Waals surface area contributed by atoms with Crippen molar-refractivity contribution in [3.8, 4) is 0 Å². The van der Waals surface area contributed by atoms with Crippen LogP contribution in [0.1, 0.15) is 52.9 Å². The molecule has 2 saturated heterocycles. The fourth-order valence-corrected chi connectivity index (χ4v) is 3.71. The van der Waals surface area contributed by atoms with E-state index >= 15 is 0 Å². The second-order valence-electron chi connectivity index (χ2n) is 8.76. The maximum atomic E-state index is 12.4. The van der Waals surface area contributed by atoms with Gasteiger partial charge in [0.25, 0.3) is 0 Å². The monoisotopic (exact) mass is 388 g/mol. The lowest BCUT2D eigenvalue weighted by Gasteiger charge is -2.33. The highest BCUT2D eigenvalue weighted by molar-refractivity contribution is 5.90. The third-order valence-corrected chi connectivity index (χ3v) is 5.20. The summed E-state index contributed by atoms with van der Waals surface area (Å²) in [6.45, 7) is 9.00. The van der Waals surface area contributed by atoms with Gasteiger partial charge in [-0.05, 0) is 64.5 Å². The van der Waals surface area contributed by atoms with E-state index in [1.54, 1.807) is 11.1 Å². The number of aromatic nitrogens is 1. The van der Waals surface area contributed by atoms with Crippen molar-refractivity contribution in [3.05, 3.63) is 18.3 Å². The molecule has 28 heavy (non-hydrogen) atoms. The molecule has 1 aromatic heterocycles. The van der Waals surface area contributed by atoms with Gasteiger partial charge in [0.2, 0.25) is 5.91 Å². The number of amides is 2. The Labute approximate surface area is 167 Å². The summed E-state index contributed by atoms with van der Waals surface area (Å²) in [6.07, 6.45) is 6.00. The topological polar surface area (TPSA) is 74.8 Å². The number of hydrogen-bond donors (Lipinski definition) is 1. The van der Waals surface area contributed by atoms with Gasteiger partial charge in [0, 0.05) is 32.6 Å². The first-order valence-corrected chi connectivity index (χ1v) is 10.3. The minimum atomic E-state index is -0.480. The first-order valence-electron chi connectivity index (χ1n) is 10.3. The Balaban J connectivity index is 1.41. The van der Waals surface area contributed by atoms with Crippen molar-refractivity contribution < 1.29 is 14.3 Å². The number of pyridine rings is 1. The number of rotatable bonds is 4. The number of nitrogens with zero attached hydrogens (tertiary/aromatic N) is 3. The number of anilines is 2. The Morgan fingerprint density at radius 3 is 2.39 bits per heavy atom. The molecular weight excluding hydrogens is 356 g/mol. The van der Waals surface area contributed by atoms with Crippen LogP contribution in [0.3, 0.4) is 0 Å². The van der Waals surface area contributed by atoms with Crippen molar-refractivity contribution in [1.82, 2.24) is 9.88 Å². The van der Waals surface area contributed by atoms with Gasteiger partial charge in [-0.25, -0.2) is 9.78 Å². The van der Waals surface area contributed by atoms with Gasteiger partial charge in [0.05, 0.1) is 11.9 Å². The first kappa shape index (κ1) is 20.4. The lowest BCUT2D eigenvalue weighted by Crippen LogP contribution is -2.42. The summed E-state index contributed by atoms with van der Waals surface area (Å²) in [7, 11) is 0. The highest BCUT2D eigenvalue weighted by Crippen LogP contribution is 2.23. The molecule has 7 nitrogen and oxygen atoms in total. The third kappa shape index (κ3) is 5.84. The van der Waals surface area contributed by atoms with Crippen molar-refractivity contribution in [2.24, 2.45) is 5.92 Å². The van der Waals surface area contributed by atoms with Gasteiger partial charge >= 0.3 is 6.09 Å². The molecule has 0 atom stereocenters. The van der Waals surface area contributed by atoms with Gasteiger partial charge in [-0.15, -0.1) is 0 Å². The normalized spacial score (nSPS) is 18.2. The van der Waals surface area contributed by atoms with Crippen LogP contribution in [-0.4, -0.2) is 53.7 Å². The molecule has 2 fully saturated rings. The Hall–Kier alpha value is -2.31. The predicted molar refractivity (Wildman–Crippen MR) is 109 cm³/mol. The summed E-state index contributed by atoms with van der Waals surface area (Å²) in [5, 5.41) is 2.95. The van der Waals surface area contributed by atoms with Gasteiger partial charge in [-0.1, -0.05) is 0 Å². The first-order chi connectivity index (χ1) is 13.3. The summed E-state index contributed by atoms with van der Waals surface area (Å²) in [5.41, 5.74) is 0.255. The van der Waals surface area contributed by atoms with Crippen LogP contribution in [0.15, 0.2) is 18.3 Å². The van der Waals surface area contributed by atoms with E-state index in [9.17, 15) is 9.59 Å². The molecule has 0 saturated carbocycles. The number of carbonyl (C=O) groups is 2. The lowest BCUT2D eigenvalue weighted by molar-refractivity contribution is -0.117. The Kier molecular flexibility index (Phi) is 6.42. The summed E-state index contributed by atoms with van der Waals surface area (Å²) in [5.74, 6) is 1.27. The number of ether oxygens (including phenoxy) is 1. The third-order valence-electron chi connectivity index (χ3n) is 5.20. The zero-order chi connectivity index (χ0) is 20.1. The average molecular weight is 389 g/mol. The SMILES string of the molecule is CC(C)(C)OC(=O)N1CCC(CC(=O)Nc2ccc(N3CCCC3)nc2)CC1. The molecule has 3 heterocycles. The van der Waals surface area contributed by atoms with Crippen LogP contribution in [-0.2, 0) is 9.53 Å². The molecule has 0 aromatic carbocycles. The van der Waals surface area contributed by atoms with Gasteiger partial charge in [-0.2, -0.15) is 0 Å². The number of carbonyl (C=O) groups excluding carboxylic acids is 2. The predicted octanol–water partition coefficient (Wildman–Crippen LogP) is 3.66. The summed E-state index contributed by atoms with van der Waals surface area (Å²) in [6, 6.07) is 3.89. The standard InChI is InChI=1S/C21H32N4O3/c1-21(2,3)28-20(27)25-12-8-16(9-13-25)14-19(26)23-17-6-7-18(22-15-17)24-10-4-5-11-24/h6-7,15-16H,4-5,8-14H2,1-3H3,(H,23,26). The van der Waals surface area contributed by atoms with Crippen LogP contribution < -0.4 is 10.2 Å². The summed E-state index contributed by atoms with van der Waals surface area (Å²) in [4.78, 5) is 33.0. The second-order valence-corrected chi connectivity index (χ2v) is 8.76. The highest BCUT2D eigenvalue weighted by Gasteiger charge is 2.27. The quantitative estimate of drug-likeness (QED) is 0.852. The van der Waals surface area contributed by atoms with Crippen molar-refractivity contribution in [2.75, 3.05) is 36.4 Å². The molecule has 2 aliphatic rings. The molecular formula is C21H32N4O3. The van der Waals surface area contributed by atoms with E-state index in [2.05, 4.69) is 15.2 Å². The molecule has 0 spiro atoms. The molecule has 2 amide bonds. The smallest absolute Gasteiger partial charge is 0.410 e. The summed E-state index contributed by atoms with van der Waals surface area (Å²) >= 11 is 0. The van der Waals surface area contributed by atoms with E-state index in [0.29, 0.717) is 19.5 Å². The average Bonchev–Trinajstić information content (AvgIpc) is 3.16. The molecule has 3 rings (SSSR count). The van der Waals surface area contributed by atoms with E-state index in [1.807, 2.05) is 32.9 Å². The van der Waals surface area contributed by atoms with Gasteiger partial charge in [-0.3, -0.25) is 4.79 Å². The van der Waals surface area contributed by atoms with Crippen LogP contribution in [0, 0.1) is 5.92 Å². The van der Waals surface area contributed by atoms with Crippen molar-refractivity contribution in [1.29, 1.82) is 0 Å². The molecule has 2 aliphatic heterocycles. The minimum absolute atomic E-state index is 0.00596. The van der Waals surface area contributed by atoms with Crippen LogP contribution in [0.5, 0.6) is 0 Å². The summed E-state index contributed by atoms with van der Waals surface area (Å²) < 4.78 is 5.42. The molecule has 0 bridgehead atoms. The van der Waals surface area contributed by atoms with E-state index in [1.165, 1.54) is 12.8 Å². The largest absolute Gasteiger partial charge is 0.444 e. The Morgan fingerprint density at radius 1 is 1.14 bits per heavy atom. The number of likely N-dealkylation sites (tertiary alicyclic amines) is 1. The highest BCUT2D eigenvalue weighted by atomic mass is 16.6. The molecule has 154 valence electrons. The number of piperidine rings is 1. The molecule has 0 aliphatic carbocycles. The van der Waals surface area contributed by atoms with Crippen LogP contribution in [0.4, 0.5) is 16.3 Å². The van der Waals surface area contributed by atoms with E-state index in [-0.39, 0.29) is 17.9 Å². The van der Waals surface area contributed by atoms with Gasteiger partial charge < -0.3 is 19.9 Å². The van der Waals surface area contributed by atoms with Crippen molar-refractivity contribution in [3.63, 3.8) is 0 Å². The second kappa shape index (κ2) is 8.80. The molecule has 0 unspecified atom stereocenters. The van der Waals surface area contributed by atoms with E-state index in [4.69, 9.17) is 4.74 Å². The molecule has 0 radical (unpaired) electrons. The zero-order valence-electron chi connectivity index (χ0n) is 17.2. The van der Waals surface area contributed by atoms with E-state index < -0.39 is 5.60 Å². The minimum Gasteiger partial charge on any atom is -0.444 e. The number of hydrogen-bond acceptors (Lipinski definition) is 5. The molecule has 7 heteroatoms. The Bertz CT molecular complexity index is 670. The van der Waals surface area contributed by atoms with Gasteiger partial charge in [0.1, 0.15) is 11.4 Å². The van der Waals surface area contributed by atoms with Gasteiger partial charge in [0.15, 0.2) is 0 Å². The fraction of sp³-hybridized carbons (Fsp3) is 0.667. The maximum Gasteiger partial charge on any atom is 0.410 e. The Morgan fingerprint density at radius 2 is 1.82 bits per heavy atom. The van der Waals surface area contributed by atoms with Crippen LogP contribution in [0.2, 0.25) is 0 Å².